The number of anilines is 1. The molecule has 0 spiro atoms. The molecule has 1 rings (SSSR count). The molecule has 0 aromatic heterocycles. The van der Waals surface area contributed by atoms with E-state index in [0.717, 1.165) is 11.3 Å². The van der Waals surface area contributed by atoms with E-state index in [0.29, 0.717) is 0 Å². The molecule has 0 fully saturated rings. The zero-order valence-electron chi connectivity index (χ0n) is 7.40. The third kappa shape index (κ3) is 2.45. The van der Waals surface area contributed by atoms with Crippen molar-refractivity contribution < 1.29 is 9.90 Å². The maximum Gasteiger partial charge on any atom is 0.307 e. The van der Waals surface area contributed by atoms with E-state index < -0.39 is 5.97 Å². The van der Waals surface area contributed by atoms with E-state index in [2.05, 4.69) is 0 Å². The first kappa shape index (κ1) is 9.54. The fourth-order valence-corrected chi connectivity index (χ4v) is 1.17. The van der Waals surface area contributed by atoms with Crippen LogP contribution in [-0.2, 0) is 11.2 Å². The molecule has 0 aliphatic heterocycles. The van der Waals surface area contributed by atoms with Gasteiger partial charge >= 0.3 is 5.97 Å². The van der Waals surface area contributed by atoms with Crippen molar-refractivity contribution in [3.05, 3.63) is 29.8 Å². The number of rotatable bonds is 3. The van der Waals surface area contributed by atoms with Crippen LogP contribution >= 0.6 is 0 Å². The molecular weight excluding hydrogens is 168 g/mol. The molecule has 1 aromatic carbocycles. The fraction of sp³-hybridized carbons (Fsp3) is 0.222. The minimum Gasteiger partial charge on any atom is -0.481 e. The maximum absolute atomic E-state index is 10.5. The van der Waals surface area contributed by atoms with Crippen LogP contribution in [-0.4, -0.2) is 18.1 Å². The normalized spacial score (nSPS) is 9.69. The van der Waals surface area contributed by atoms with Crippen molar-refractivity contribution in [2.75, 3.05) is 12.1 Å². The summed E-state index contributed by atoms with van der Waals surface area (Å²) in [7, 11) is 1.68. The number of carboxylic acid groups (broad SMARTS) is 1. The maximum atomic E-state index is 10.5. The Bertz CT molecular complexity index is 310. The highest BCUT2D eigenvalue weighted by molar-refractivity contribution is 5.73. The predicted octanol–water partition coefficient (Wildman–Crippen LogP) is 0.624. The third-order valence-corrected chi connectivity index (χ3v) is 1.71. The monoisotopic (exact) mass is 180 g/mol. The van der Waals surface area contributed by atoms with Gasteiger partial charge in [-0.25, -0.2) is 5.84 Å². The first-order valence-corrected chi connectivity index (χ1v) is 3.89. The van der Waals surface area contributed by atoms with Gasteiger partial charge in [0.2, 0.25) is 0 Å². The minimum atomic E-state index is -0.852. The van der Waals surface area contributed by atoms with E-state index in [1.165, 1.54) is 5.01 Å². The largest absolute Gasteiger partial charge is 0.481 e. The van der Waals surface area contributed by atoms with Gasteiger partial charge in [0.05, 0.1) is 12.1 Å². The van der Waals surface area contributed by atoms with Crippen molar-refractivity contribution in [2.45, 2.75) is 6.42 Å². The summed E-state index contributed by atoms with van der Waals surface area (Å²) in [6, 6.07) is 7.17. The Morgan fingerprint density at radius 2 is 2.15 bits per heavy atom. The second-order valence-electron chi connectivity index (χ2n) is 2.81. The van der Waals surface area contributed by atoms with Crippen molar-refractivity contribution >= 4 is 11.7 Å². The SMILES string of the molecule is CN(N)c1ccccc1CC(=O)O. The molecule has 4 heteroatoms. The third-order valence-electron chi connectivity index (χ3n) is 1.71. The van der Waals surface area contributed by atoms with Crippen LogP contribution in [0.5, 0.6) is 0 Å². The van der Waals surface area contributed by atoms with Crippen LogP contribution in [0.1, 0.15) is 5.56 Å². The second kappa shape index (κ2) is 3.91. The van der Waals surface area contributed by atoms with Gasteiger partial charge in [0.25, 0.3) is 0 Å². The predicted molar refractivity (Wildman–Crippen MR) is 50.4 cm³/mol. The summed E-state index contributed by atoms with van der Waals surface area (Å²) in [5, 5.41) is 10.0. The molecule has 0 heterocycles. The van der Waals surface area contributed by atoms with E-state index in [4.69, 9.17) is 10.9 Å². The van der Waals surface area contributed by atoms with Crippen molar-refractivity contribution in [1.82, 2.24) is 0 Å². The summed E-state index contributed by atoms with van der Waals surface area (Å²) in [4.78, 5) is 10.5. The number of carboxylic acids is 1. The van der Waals surface area contributed by atoms with E-state index >= 15 is 0 Å². The quantitative estimate of drug-likeness (QED) is 0.528. The first-order valence-electron chi connectivity index (χ1n) is 3.89. The number of nitrogens with two attached hydrogens (primary N) is 1. The first-order chi connectivity index (χ1) is 6.11. The van der Waals surface area contributed by atoms with Gasteiger partial charge in [-0.3, -0.25) is 4.79 Å². The smallest absolute Gasteiger partial charge is 0.307 e. The van der Waals surface area contributed by atoms with Gasteiger partial charge in [-0.15, -0.1) is 0 Å². The Morgan fingerprint density at radius 1 is 1.54 bits per heavy atom. The molecule has 3 N–H and O–H groups in total. The van der Waals surface area contributed by atoms with Gasteiger partial charge in [-0.2, -0.15) is 0 Å². The molecule has 0 atom stereocenters. The van der Waals surface area contributed by atoms with E-state index in [1.807, 2.05) is 6.07 Å². The highest BCUT2D eigenvalue weighted by Crippen LogP contribution is 2.16. The standard InChI is InChI=1S/C9H12N2O2/c1-11(10)8-5-3-2-4-7(8)6-9(12)13/h2-5H,6,10H2,1H3,(H,12,13). The lowest BCUT2D eigenvalue weighted by atomic mass is 10.1. The van der Waals surface area contributed by atoms with Gasteiger partial charge in [-0.1, -0.05) is 18.2 Å². The zero-order valence-corrected chi connectivity index (χ0v) is 7.40. The Hall–Kier alpha value is -1.55. The van der Waals surface area contributed by atoms with Gasteiger partial charge in [0, 0.05) is 7.05 Å². The zero-order chi connectivity index (χ0) is 9.84. The minimum absolute atomic E-state index is 0.00227. The van der Waals surface area contributed by atoms with Crippen LogP contribution in [0.15, 0.2) is 24.3 Å². The number of hydrogen-bond donors (Lipinski definition) is 2. The molecule has 0 radical (unpaired) electrons. The number of carbonyl (C=O) groups is 1. The molecule has 0 unspecified atom stereocenters. The Kier molecular flexibility index (Phi) is 2.87. The number of hydrazine groups is 1. The Balaban J connectivity index is 2.97. The van der Waals surface area contributed by atoms with Crippen molar-refractivity contribution in [3.63, 3.8) is 0 Å². The van der Waals surface area contributed by atoms with E-state index in [1.54, 1.807) is 25.2 Å². The average Bonchev–Trinajstić information content (AvgIpc) is 2.03. The molecule has 0 amide bonds. The summed E-state index contributed by atoms with van der Waals surface area (Å²) in [5.41, 5.74) is 1.46. The van der Waals surface area contributed by atoms with Gasteiger partial charge < -0.3 is 10.1 Å². The summed E-state index contributed by atoms with van der Waals surface area (Å²) in [5.74, 6) is 4.68. The number of benzene rings is 1. The number of hydrogen-bond acceptors (Lipinski definition) is 3. The molecule has 4 nitrogen and oxygen atoms in total. The van der Waals surface area contributed by atoms with Crippen LogP contribution in [0.3, 0.4) is 0 Å². The molecular formula is C9H12N2O2. The van der Waals surface area contributed by atoms with E-state index in [-0.39, 0.29) is 6.42 Å². The number of para-hydroxylation sites is 1. The summed E-state index contributed by atoms with van der Waals surface area (Å²) in [6.45, 7) is 0. The van der Waals surface area contributed by atoms with Gasteiger partial charge in [0.15, 0.2) is 0 Å². The highest BCUT2D eigenvalue weighted by atomic mass is 16.4. The van der Waals surface area contributed by atoms with E-state index in [9.17, 15) is 4.79 Å². The van der Waals surface area contributed by atoms with Crippen molar-refractivity contribution in [3.8, 4) is 0 Å². The molecule has 0 saturated carbocycles. The summed E-state index contributed by atoms with van der Waals surface area (Å²) >= 11 is 0. The lowest BCUT2D eigenvalue weighted by molar-refractivity contribution is -0.136. The molecule has 70 valence electrons. The van der Waals surface area contributed by atoms with Gasteiger partial charge in [-0.05, 0) is 11.6 Å². The lowest BCUT2D eigenvalue weighted by Gasteiger charge is -2.15. The van der Waals surface area contributed by atoms with Crippen molar-refractivity contribution in [1.29, 1.82) is 0 Å². The topological polar surface area (TPSA) is 66.6 Å². The second-order valence-corrected chi connectivity index (χ2v) is 2.81. The molecule has 13 heavy (non-hydrogen) atoms. The Morgan fingerprint density at radius 3 is 2.69 bits per heavy atom. The van der Waals surface area contributed by atoms with Crippen LogP contribution < -0.4 is 10.9 Å². The van der Waals surface area contributed by atoms with Gasteiger partial charge in [0.1, 0.15) is 0 Å². The Labute approximate surface area is 76.6 Å². The number of aliphatic carboxylic acids is 1. The van der Waals surface area contributed by atoms with Crippen LogP contribution in [0, 0.1) is 0 Å². The molecule has 0 saturated heterocycles. The van der Waals surface area contributed by atoms with Crippen LogP contribution in [0.2, 0.25) is 0 Å². The number of nitrogens with zero attached hydrogens (tertiary/aromatic N) is 1. The summed E-state index contributed by atoms with van der Waals surface area (Å²) in [6.07, 6.45) is -0.00227. The van der Waals surface area contributed by atoms with Crippen LogP contribution in [0.25, 0.3) is 0 Å². The van der Waals surface area contributed by atoms with Crippen LogP contribution in [0.4, 0.5) is 5.69 Å². The fourth-order valence-electron chi connectivity index (χ4n) is 1.17. The highest BCUT2D eigenvalue weighted by Gasteiger charge is 2.06. The molecule has 0 aliphatic carbocycles. The van der Waals surface area contributed by atoms with Crippen molar-refractivity contribution in [2.24, 2.45) is 5.84 Å². The lowest BCUT2D eigenvalue weighted by Crippen LogP contribution is -2.26. The molecule has 0 bridgehead atoms. The molecule has 0 aliphatic rings. The molecule has 1 aromatic rings. The summed E-state index contributed by atoms with van der Waals surface area (Å²) < 4.78 is 0. The average molecular weight is 180 g/mol.